The third kappa shape index (κ3) is 6.60. The van der Waals surface area contributed by atoms with Crippen molar-refractivity contribution in [2.24, 2.45) is 0 Å². The number of nitrogens with zero attached hydrogens (tertiary/aromatic N) is 1. The van der Waals surface area contributed by atoms with E-state index in [1.165, 1.54) is 0 Å². The number of anilines is 1. The van der Waals surface area contributed by atoms with Crippen molar-refractivity contribution >= 4 is 30.3 Å². The molecular weight excluding hydrogens is 383 g/mol. The van der Waals surface area contributed by atoms with Crippen molar-refractivity contribution in [3.8, 4) is 0 Å². The predicted molar refractivity (Wildman–Crippen MR) is 98.4 cm³/mol. The number of carbonyl (C=O) groups is 2. The number of carbonyl (C=O) groups excluding carboxylic acids is 1. The lowest BCUT2D eigenvalue weighted by atomic mass is 10.1. The number of alkyl halides is 3. The van der Waals surface area contributed by atoms with E-state index in [9.17, 15) is 22.8 Å². The molecule has 2 aromatic carbocycles. The van der Waals surface area contributed by atoms with Crippen LogP contribution in [0.3, 0.4) is 0 Å². The van der Waals surface area contributed by atoms with E-state index in [1.54, 1.807) is 17.0 Å². The Balaban J connectivity index is 0.00000364. The van der Waals surface area contributed by atoms with E-state index in [2.05, 4.69) is 0 Å². The molecule has 2 aromatic rings. The molecular formula is C19H19ClF3NO3. The highest BCUT2D eigenvalue weighted by Crippen LogP contribution is 2.33. The van der Waals surface area contributed by atoms with Gasteiger partial charge in [0.1, 0.15) is 0 Å². The van der Waals surface area contributed by atoms with Gasteiger partial charge in [-0.15, -0.1) is 12.4 Å². The van der Waals surface area contributed by atoms with E-state index >= 15 is 0 Å². The Morgan fingerprint density at radius 3 is 2.33 bits per heavy atom. The SMILES string of the molecule is Cl.O=Cc1ccc(C(F)(F)F)cc1N(CCCC(=O)O)Cc1ccccc1. The summed E-state index contributed by atoms with van der Waals surface area (Å²) in [6.07, 6.45) is -3.89. The lowest BCUT2D eigenvalue weighted by Gasteiger charge is -2.27. The van der Waals surface area contributed by atoms with Crippen molar-refractivity contribution in [2.45, 2.75) is 25.6 Å². The summed E-state index contributed by atoms with van der Waals surface area (Å²) in [6.45, 7) is 0.478. The Morgan fingerprint density at radius 2 is 1.78 bits per heavy atom. The van der Waals surface area contributed by atoms with Gasteiger partial charge in [0.05, 0.1) is 5.56 Å². The molecule has 0 bridgehead atoms. The molecule has 0 unspecified atom stereocenters. The molecule has 146 valence electrons. The number of hydrogen-bond acceptors (Lipinski definition) is 3. The zero-order valence-electron chi connectivity index (χ0n) is 14.3. The number of carboxylic acid groups (broad SMARTS) is 1. The largest absolute Gasteiger partial charge is 0.481 e. The summed E-state index contributed by atoms with van der Waals surface area (Å²) in [5, 5.41) is 8.81. The van der Waals surface area contributed by atoms with Crippen LogP contribution in [0.25, 0.3) is 0 Å². The average Bonchev–Trinajstić information content (AvgIpc) is 2.60. The van der Waals surface area contributed by atoms with Crippen LogP contribution in [0.15, 0.2) is 48.5 Å². The number of hydrogen-bond donors (Lipinski definition) is 1. The van der Waals surface area contributed by atoms with Gasteiger partial charge in [-0.3, -0.25) is 9.59 Å². The van der Waals surface area contributed by atoms with Gasteiger partial charge in [-0.2, -0.15) is 13.2 Å². The number of benzene rings is 2. The molecule has 2 rings (SSSR count). The third-order valence-corrected chi connectivity index (χ3v) is 3.86. The predicted octanol–water partition coefficient (Wildman–Crippen LogP) is 4.81. The summed E-state index contributed by atoms with van der Waals surface area (Å²) in [6, 6.07) is 12.0. The summed E-state index contributed by atoms with van der Waals surface area (Å²) in [5.74, 6) is -0.982. The smallest absolute Gasteiger partial charge is 0.416 e. The van der Waals surface area contributed by atoms with Crippen LogP contribution in [0.5, 0.6) is 0 Å². The second kappa shape index (κ2) is 9.97. The highest BCUT2D eigenvalue weighted by molar-refractivity contribution is 5.85. The molecule has 1 N–H and O–H groups in total. The van der Waals surface area contributed by atoms with Crippen molar-refractivity contribution in [1.82, 2.24) is 0 Å². The average molecular weight is 402 g/mol. The van der Waals surface area contributed by atoms with E-state index in [-0.39, 0.29) is 49.6 Å². The zero-order valence-corrected chi connectivity index (χ0v) is 15.1. The van der Waals surface area contributed by atoms with Gasteiger partial charge in [0, 0.05) is 30.8 Å². The molecule has 0 aliphatic heterocycles. The fourth-order valence-corrected chi connectivity index (χ4v) is 2.60. The molecule has 0 aliphatic rings. The molecule has 0 amide bonds. The molecule has 4 nitrogen and oxygen atoms in total. The first kappa shape index (κ1) is 22.5. The summed E-state index contributed by atoms with van der Waals surface area (Å²) in [5.41, 5.74) is 0.264. The Hall–Kier alpha value is -2.54. The summed E-state index contributed by atoms with van der Waals surface area (Å²) in [4.78, 5) is 23.7. The molecule has 0 saturated carbocycles. The maximum atomic E-state index is 13.1. The molecule has 0 saturated heterocycles. The number of aldehydes is 1. The van der Waals surface area contributed by atoms with Gasteiger partial charge in [0.2, 0.25) is 0 Å². The van der Waals surface area contributed by atoms with Gasteiger partial charge in [0.15, 0.2) is 6.29 Å². The van der Waals surface area contributed by atoms with E-state index in [1.807, 2.05) is 18.2 Å². The first-order valence-electron chi connectivity index (χ1n) is 7.98. The lowest BCUT2D eigenvalue weighted by Crippen LogP contribution is -2.26. The topological polar surface area (TPSA) is 57.6 Å². The van der Waals surface area contributed by atoms with Crippen LogP contribution >= 0.6 is 12.4 Å². The van der Waals surface area contributed by atoms with Gasteiger partial charge in [0.25, 0.3) is 0 Å². The highest BCUT2D eigenvalue weighted by atomic mass is 35.5. The Kier molecular flexibility index (Phi) is 8.31. The van der Waals surface area contributed by atoms with Crippen molar-refractivity contribution in [3.63, 3.8) is 0 Å². The first-order chi connectivity index (χ1) is 12.3. The van der Waals surface area contributed by atoms with Crippen LogP contribution in [0.1, 0.15) is 34.3 Å². The minimum atomic E-state index is -4.53. The number of carboxylic acids is 1. The second-order valence-electron chi connectivity index (χ2n) is 5.79. The molecule has 0 aromatic heterocycles. The number of rotatable bonds is 8. The Labute approximate surface area is 161 Å². The van der Waals surface area contributed by atoms with E-state index in [0.717, 1.165) is 23.8 Å². The van der Waals surface area contributed by atoms with Crippen LogP contribution < -0.4 is 4.90 Å². The fraction of sp³-hybridized carbons (Fsp3) is 0.263. The monoisotopic (exact) mass is 401 g/mol. The van der Waals surface area contributed by atoms with E-state index in [4.69, 9.17) is 5.11 Å². The Bertz CT molecular complexity index is 767. The Morgan fingerprint density at radius 1 is 1.11 bits per heavy atom. The van der Waals surface area contributed by atoms with Crippen LogP contribution in [0, 0.1) is 0 Å². The number of halogens is 4. The van der Waals surface area contributed by atoms with Crippen molar-refractivity contribution in [3.05, 3.63) is 65.2 Å². The quantitative estimate of drug-likeness (QED) is 0.645. The fourth-order valence-electron chi connectivity index (χ4n) is 2.60. The van der Waals surface area contributed by atoms with Crippen molar-refractivity contribution in [2.75, 3.05) is 11.4 Å². The maximum Gasteiger partial charge on any atom is 0.416 e. The van der Waals surface area contributed by atoms with Gasteiger partial charge < -0.3 is 10.0 Å². The molecule has 27 heavy (non-hydrogen) atoms. The standard InChI is InChI=1S/C19H18F3NO3.ClH/c20-19(21,22)16-9-8-15(13-24)17(11-16)23(10-4-7-18(25)26)12-14-5-2-1-3-6-14;/h1-3,5-6,8-9,11,13H,4,7,10,12H2,(H,25,26);1H. The summed E-state index contributed by atoms with van der Waals surface area (Å²) < 4.78 is 39.2. The highest BCUT2D eigenvalue weighted by Gasteiger charge is 2.31. The zero-order chi connectivity index (χ0) is 19.2. The van der Waals surface area contributed by atoms with Gasteiger partial charge in [-0.1, -0.05) is 30.3 Å². The minimum Gasteiger partial charge on any atom is -0.481 e. The molecule has 0 radical (unpaired) electrons. The maximum absolute atomic E-state index is 13.1. The second-order valence-corrected chi connectivity index (χ2v) is 5.79. The number of aliphatic carboxylic acids is 1. The molecule has 0 aliphatic carbocycles. The van der Waals surface area contributed by atoms with Crippen molar-refractivity contribution in [1.29, 1.82) is 0 Å². The van der Waals surface area contributed by atoms with Crippen LogP contribution in [0.2, 0.25) is 0 Å². The lowest BCUT2D eigenvalue weighted by molar-refractivity contribution is -0.138. The summed E-state index contributed by atoms with van der Waals surface area (Å²) in [7, 11) is 0. The van der Waals surface area contributed by atoms with Crippen LogP contribution in [0.4, 0.5) is 18.9 Å². The summed E-state index contributed by atoms with van der Waals surface area (Å²) >= 11 is 0. The molecule has 0 heterocycles. The van der Waals surface area contributed by atoms with Crippen LogP contribution in [-0.4, -0.2) is 23.9 Å². The molecule has 0 spiro atoms. The minimum absolute atomic E-state index is 0. The van der Waals surface area contributed by atoms with Gasteiger partial charge in [-0.05, 0) is 30.2 Å². The van der Waals surface area contributed by atoms with Gasteiger partial charge >= 0.3 is 12.1 Å². The van der Waals surface area contributed by atoms with Crippen LogP contribution in [-0.2, 0) is 17.5 Å². The van der Waals surface area contributed by atoms with Gasteiger partial charge in [-0.25, -0.2) is 0 Å². The first-order valence-corrected chi connectivity index (χ1v) is 7.98. The van der Waals surface area contributed by atoms with Crippen molar-refractivity contribution < 1.29 is 27.9 Å². The molecule has 0 atom stereocenters. The van der Waals surface area contributed by atoms with E-state index < -0.39 is 17.7 Å². The third-order valence-electron chi connectivity index (χ3n) is 3.86. The molecule has 0 fully saturated rings. The van der Waals surface area contributed by atoms with E-state index in [0.29, 0.717) is 6.29 Å². The normalized spacial score (nSPS) is 10.8. The molecule has 8 heteroatoms.